The topological polar surface area (TPSA) is 80.6 Å². The summed E-state index contributed by atoms with van der Waals surface area (Å²) in [5.41, 5.74) is 2.33. The molecule has 0 aliphatic carbocycles. The van der Waals surface area contributed by atoms with E-state index in [0.717, 1.165) is 22.1 Å². The van der Waals surface area contributed by atoms with E-state index in [9.17, 15) is 9.59 Å². The number of ketones is 1. The van der Waals surface area contributed by atoms with Gasteiger partial charge in [0.2, 0.25) is 0 Å². The second kappa shape index (κ2) is 5.28. The number of rotatable bonds is 5. The third-order valence-electron chi connectivity index (χ3n) is 3.23. The van der Waals surface area contributed by atoms with Crippen molar-refractivity contribution in [3.8, 4) is 11.1 Å². The first-order valence-corrected chi connectivity index (χ1v) is 6.45. The fraction of sp³-hybridized carbons (Fsp3) is 0.125. The van der Waals surface area contributed by atoms with E-state index in [0.29, 0.717) is 0 Å². The highest BCUT2D eigenvalue weighted by molar-refractivity contribution is 5.98. The van der Waals surface area contributed by atoms with Gasteiger partial charge in [0.05, 0.1) is 18.9 Å². The Morgan fingerprint density at radius 3 is 2.67 bits per heavy atom. The fourth-order valence-corrected chi connectivity index (χ4v) is 2.17. The molecular formula is C16H12O5. The largest absolute Gasteiger partial charge is 0.481 e. The number of carbonyl (C=O) groups is 2. The van der Waals surface area contributed by atoms with E-state index in [1.54, 1.807) is 12.3 Å². The second-order valence-corrected chi connectivity index (χ2v) is 4.66. The quantitative estimate of drug-likeness (QED) is 0.722. The first kappa shape index (κ1) is 13.2. The molecule has 1 N–H and O–H groups in total. The van der Waals surface area contributed by atoms with Crippen LogP contribution in [-0.4, -0.2) is 16.9 Å². The van der Waals surface area contributed by atoms with Crippen molar-refractivity contribution >= 4 is 22.7 Å². The minimum absolute atomic E-state index is 0.0750. The van der Waals surface area contributed by atoms with E-state index in [2.05, 4.69) is 0 Å². The molecule has 0 aliphatic rings. The Morgan fingerprint density at radius 1 is 1.05 bits per heavy atom. The molecule has 0 spiro atoms. The Labute approximate surface area is 119 Å². The van der Waals surface area contributed by atoms with Gasteiger partial charge in [0.15, 0.2) is 11.5 Å². The lowest BCUT2D eigenvalue weighted by Gasteiger charge is -1.93. The lowest BCUT2D eigenvalue weighted by Crippen LogP contribution is -2.02. The highest BCUT2D eigenvalue weighted by atomic mass is 16.4. The van der Waals surface area contributed by atoms with Crippen LogP contribution in [-0.2, 0) is 4.79 Å². The summed E-state index contributed by atoms with van der Waals surface area (Å²) in [6, 6.07) is 9.18. The van der Waals surface area contributed by atoms with Crippen LogP contribution >= 0.6 is 0 Å². The molecule has 21 heavy (non-hydrogen) atoms. The SMILES string of the molecule is O=C(O)CCC(=O)c1cc(-c2coc3ccccc23)co1. The number of benzene rings is 1. The Kier molecular flexibility index (Phi) is 3.31. The molecule has 0 amide bonds. The molecule has 5 heteroatoms. The number of hydrogen-bond donors (Lipinski definition) is 1. The van der Waals surface area contributed by atoms with Crippen molar-refractivity contribution in [1.29, 1.82) is 0 Å². The molecule has 0 saturated carbocycles. The summed E-state index contributed by atoms with van der Waals surface area (Å²) in [5, 5.41) is 9.52. The normalized spacial score (nSPS) is 10.9. The second-order valence-electron chi connectivity index (χ2n) is 4.66. The van der Waals surface area contributed by atoms with Crippen LogP contribution < -0.4 is 0 Å². The maximum Gasteiger partial charge on any atom is 0.303 e. The minimum atomic E-state index is -1.00. The minimum Gasteiger partial charge on any atom is -0.481 e. The maximum atomic E-state index is 11.8. The fourth-order valence-electron chi connectivity index (χ4n) is 2.17. The first-order chi connectivity index (χ1) is 10.1. The average molecular weight is 284 g/mol. The van der Waals surface area contributed by atoms with Crippen molar-refractivity contribution in [3.05, 3.63) is 48.6 Å². The lowest BCUT2D eigenvalue weighted by atomic mass is 10.1. The zero-order valence-electron chi connectivity index (χ0n) is 11.0. The van der Waals surface area contributed by atoms with Gasteiger partial charge in [-0.3, -0.25) is 9.59 Å². The Morgan fingerprint density at radius 2 is 1.86 bits per heavy atom. The summed E-state index contributed by atoms with van der Waals surface area (Å²) >= 11 is 0. The number of furan rings is 2. The Balaban J connectivity index is 1.88. The molecule has 5 nitrogen and oxygen atoms in total. The maximum absolute atomic E-state index is 11.8. The molecule has 0 bridgehead atoms. The molecule has 0 unspecified atom stereocenters. The Hall–Kier alpha value is -2.82. The van der Waals surface area contributed by atoms with Crippen molar-refractivity contribution in [3.63, 3.8) is 0 Å². The average Bonchev–Trinajstić information content (AvgIpc) is 3.10. The number of aliphatic carboxylic acids is 1. The molecule has 0 radical (unpaired) electrons. The van der Waals surface area contributed by atoms with Gasteiger partial charge in [-0.2, -0.15) is 0 Å². The van der Waals surface area contributed by atoms with E-state index in [-0.39, 0.29) is 24.4 Å². The van der Waals surface area contributed by atoms with Crippen LogP contribution in [0.25, 0.3) is 22.1 Å². The van der Waals surface area contributed by atoms with Crippen LogP contribution in [0.15, 0.2) is 51.7 Å². The van der Waals surface area contributed by atoms with E-state index in [1.807, 2.05) is 24.3 Å². The number of fused-ring (bicyclic) bond motifs is 1. The molecular weight excluding hydrogens is 272 g/mol. The van der Waals surface area contributed by atoms with E-state index in [1.165, 1.54) is 6.26 Å². The van der Waals surface area contributed by atoms with Gasteiger partial charge in [-0.1, -0.05) is 18.2 Å². The number of carboxylic acids is 1. The summed E-state index contributed by atoms with van der Waals surface area (Å²) in [6.07, 6.45) is 2.81. The van der Waals surface area contributed by atoms with Gasteiger partial charge < -0.3 is 13.9 Å². The standard InChI is InChI=1S/C16H12O5/c17-13(5-6-16(18)19)15-7-10(8-20-15)12-9-21-14-4-2-1-3-11(12)14/h1-4,7-9H,5-6H2,(H,18,19). The van der Waals surface area contributed by atoms with E-state index >= 15 is 0 Å². The summed E-state index contributed by atoms with van der Waals surface area (Å²) in [4.78, 5) is 22.3. The van der Waals surface area contributed by atoms with Crippen LogP contribution in [0, 0.1) is 0 Å². The number of carboxylic acid groups (broad SMARTS) is 1. The van der Waals surface area contributed by atoms with Crippen LogP contribution in [0.2, 0.25) is 0 Å². The molecule has 0 fully saturated rings. The molecule has 0 saturated heterocycles. The van der Waals surface area contributed by atoms with Crippen LogP contribution in [0.5, 0.6) is 0 Å². The molecule has 3 rings (SSSR count). The van der Waals surface area contributed by atoms with Crippen molar-refractivity contribution < 1.29 is 23.5 Å². The molecule has 1 aromatic carbocycles. The third kappa shape index (κ3) is 2.58. The van der Waals surface area contributed by atoms with Gasteiger partial charge >= 0.3 is 5.97 Å². The van der Waals surface area contributed by atoms with Crippen LogP contribution in [0.4, 0.5) is 0 Å². The van der Waals surface area contributed by atoms with Crippen molar-refractivity contribution in [1.82, 2.24) is 0 Å². The molecule has 2 heterocycles. The number of hydrogen-bond acceptors (Lipinski definition) is 4. The van der Waals surface area contributed by atoms with Gasteiger partial charge in [0, 0.05) is 22.9 Å². The van der Waals surface area contributed by atoms with Gasteiger partial charge in [0.25, 0.3) is 0 Å². The van der Waals surface area contributed by atoms with Crippen molar-refractivity contribution in [2.24, 2.45) is 0 Å². The monoisotopic (exact) mass is 284 g/mol. The summed E-state index contributed by atoms with van der Waals surface area (Å²) in [6.45, 7) is 0. The highest BCUT2D eigenvalue weighted by Crippen LogP contribution is 2.31. The molecule has 2 aromatic heterocycles. The van der Waals surface area contributed by atoms with Crippen molar-refractivity contribution in [2.75, 3.05) is 0 Å². The van der Waals surface area contributed by atoms with Gasteiger partial charge in [0.1, 0.15) is 5.58 Å². The predicted molar refractivity (Wildman–Crippen MR) is 75.1 cm³/mol. The summed E-state index contributed by atoms with van der Waals surface area (Å²) < 4.78 is 10.7. The number of para-hydroxylation sites is 1. The highest BCUT2D eigenvalue weighted by Gasteiger charge is 2.15. The summed E-state index contributed by atoms with van der Waals surface area (Å²) in [7, 11) is 0. The smallest absolute Gasteiger partial charge is 0.303 e. The Bertz CT molecular complexity index is 809. The van der Waals surface area contributed by atoms with Crippen LogP contribution in [0.1, 0.15) is 23.4 Å². The van der Waals surface area contributed by atoms with Gasteiger partial charge in [-0.15, -0.1) is 0 Å². The predicted octanol–water partition coefficient (Wildman–Crippen LogP) is 3.74. The molecule has 3 aromatic rings. The number of carbonyl (C=O) groups excluding carboxylic acids is 1. The molecule has 106 valence electrons. The molecule has 0 aliphatic heterocycles. The van der Waals surface area contributed by atoms with Crippen molar-refractivity contribution in [2.45, 2.75) is 12.8 Å². The third-order valence-corrected chi connectivity index (χ3v) is 3.23. The first-order valence-electron chi connectivity index (χ1n) is 6.45. The van der Waals surface area contributed by atoms with E-state index in [4.69, 9.17) is 13.9 Å². The van der Waals surface area contributed by atoms with Gasteiger partial charge in [-0.05, 0) is 12.1 Å². The van der Waals surface area contributed by atoms with Gasteiger partial charge in [-0.25, -0.2) is 0 Å². The zero-order valence-corrected chi connectivity index (χ0v) is 11.0. The molecule has 0 atom stereocenters. The number of Topliss-reactive ketones (excluding diaryl/α,β-unsaturated/α-hetero) is 1. The lowest BCUT2D eigenvalue weighted by molar-refractivity contribution is -0.136. The van der Waals surface area contributed by atoms with E-state index < -0.39 is 5.97 Å². The van der Waals surface area contributed by atoms with Crippen LogP contribution in [0.3, 0.4) is 0 Å². The zero-order chi connectivity index (χ0) is 14.8. The summed E-state index contributed by atoms with van der Waals surface area (Å²) in [5.74, 6) is -1.16.